The Morgan fingerprint density at radius 3 is 2.30 bits per heavy atom. The van der Waals surface area contributed by atoms with Crippen molar-refractivity contribution in [3.63, 3.8) is 0 Å². The maximum atomic E-state index is 10.4. The Labute approximate surface area is 116 Å². The molecule has 1 saturated heterocycles. The van der Waals surface area contributed by atoms with Crippen LogP contribution in [0.3, 0.4) is 0 Å². The quantitative estimate of drug-likeness (QED) is 0.309. The van der Waals surface area contributed by atoms with Crippen molar-refractivity contribution >= 4 is 5.97 Å². The van der Waals surface area contributed by atoms with Gasteiger partial charge >= 0.3 is 5.97 Å². The summed E-state index contributed by atoms with van der Waals surface area (Å²) in [6, 6.07) is -0.393. The van der Waals surface area contributed by atoms with E-state index in [0.717, 1.165) is 0 Å². The van der Waals surface area contributed by atoms with Gasteiger partial charge in [-0.1, -0.05) is 0 Å². The molecule has 0 aromatic rings. The molecule has 6 atom stereocenters. The van der Waals surface area contributed by atoms with E-state index in [-0.39, 0.29) is 12.8 Å². The number of rotatable bonds is 7. The molecule has 1 aliphatic heterocycles. The minimum absolute atomic E-state index is 0.0163. The van der Waals surface area contributed by atoms with Crippen LogP contribution < -0.4 is 5.73 Å². The number of nitrogens with two attached hydrogens (primary N) is 1. The molecule has 0 saturated carbocycles. The Morgan fingerprint density at radius 2 is 1.75 bits per heavy atom. The smallest absolute Gasteiger partial charge is 0.303 e. The van der Waals surface area contributed by atoms with Gasteiger partial charge in [0, 0.05) is 12.5 Å². The molecule has 0 spiro atoms. The summed E-state index contributed by atoms with van der Waals surface area (Å²) in [7, 11) is 0. The van der Waals surface area contributed by atoms with Gasteiger partial charge in [0.2, 0.25) is 0 Å². The molecule has 0 aromatic heterocycles. The summed E-state index contributed by atoms with van der Waals surface area (Å²) >= 11 is 0. The molecule has 1 rings (SSSR count). The van der Waals surface area contributed by atoms with E-state index in [1.807, 2.05) is 0 Å². The Morgan fingerprint density at radius 1 is 1.15 bits per heavy atom. The van der Waals surface area contributed by atoms with Crippen LogP contribution in [0.2, 0.25) is 0 Å². The van der Waals surface area contributed by atoms with Gasteiger partial charge < -0.3 is 36.0 Å². The largest absolute Gasteiger partial charge is 0.481 e. The second-order valence-electron chi connectivity index (χ2n) is 5.15. The summed E-state index contributed by atoms with van der Waals surface area (Å²) in [5, 5.41) is 46.6. The second-order valence-corrected chi connectivity index (χ2v) is 5.15. The lowest BCUT2D eigenvalue weighted by Crippen LogP contribution is -2.59. The van der Waals surface area contributed by atoms with Crippen molar-refractivity contribution in [1.82, 2.24) is 0 Å². The van der Waals surface area contributed by atoms with E-state index in [4.69, 9.17) is 20.7 Å². The first-order chi connectivity index (χ1) is 9.36. The number of carboxylic acid groups (broad SMARTS) is 1. The van der Waals surface area contributed by atoms with Crippen LogP contribution in [0.15, 0.2) is 0 Å². The van der Waals surface area contributed by atoms with Crippen LogP contribution in [-0.2, 0) is 9.53 Å². The predicted octanol–water partition coefficient (Wildman–Crippen LogP) is -2.20. The first-order valence-electron chi connectivity index (χ1n) is 6.64. The maximum Gasteiger partial charge on any atom is 0.303 e. The Bertz CT molecular complexity index is 312. The minimum atomic E-state index is -1.41. The number of aliphatic carboxylic acids is 1. The topological polar surface area (TPSA) is 153 Å². The molecule has 0 bridgehead atoms. The average molecular weight is 293 g/mol. The van der Waals surface area contributed by atoms with Crippen LogP contribution in [0.4, 0.5) is 0 Å². The molecule has 7 N–H and O–H groups in total. The fraction of sp³-hybridized carbons (Fsp3) is 0.917. The van der Waals surface area contributed by atoms with Gasteiger partial charge in [-0.3, -0.25) is 4.79 Å². The second kappa shape index (κ2) is 7.87. The van der Waals surface area contributed by atoms with Crippen LogP contribution in [0.25, 0.3) is 0 Å². The first kappa shape index (κ1) is 17.3. The lowest BCUT2D eigenvalue weighted by Gasteiger charge is -2.40. The van der Waals surface area contributed by atoms with E-state index in [2.05, 4.69) is 0 Å². The van der Waals surface area contributed by atoms with Crippen molar-refractivity contribution in [2.75, 3.05) is 6.61 Å². The van der Waals surface area contributed by atoms with Gasteiger partial charge in [-0.15, -0.1) is 0 Å². The molecule has 0 aliphatic carbocycles. The molecule has 1 fully saturated rings. The average Bonchev–Trinajstić information content (AvgIpc) is 2.39. The molecular formula is C12H23NO7. The van der Waals surface area contributed by atoms with E-state index in [0.29, 0.717) is 12.8 Å². The van der Waals surface area contributed by atoms with Crippen LogP contribution in [0, 0.1) is 0 Å². The molecule has 20 heavy (non-hydrogen) atoms. The van der Waals surface area contributed by atoms with Crippen LogP contribution in [0.1, 0.15) is 25.7 Å². The molecular weight excluding hydrogens is 270 g/mol. The van der Waals surface area contributed by atoms with E-state index in [1.165, 1.54) is 0 Å². The van der Waals surface area contributed by atoms with E-state index < -0.39 is 49.1 Å². The SMILES string of the molecule is NC(CCCC(=O)O)C[C@H]1O[C@H](CO)[C@@H](O)[C@H](O)[C@H]1O. The molecule has 1 aliphatic rings. The van der Waals surface area contributed by atoms with Gasteiger partial charge in [0.15, 0.2) is 0 Å². The van der Waals surface area contributed by atoms with Gasteiger partial charge in [0.1, 0.15) is 24.4 Å². The highest BCUT2D eigenvalue weighted by Crippen LogP contribution is 2.24. The van der Waals surface area contributed by atoms with Crippen LogP contribution >= 0.6 is 0 Å². The van der Waals surface area contributed by atoms with Crippen LogP contribution in [-0.4, -0.2) is 74.7 Å². The van der Waals surface area contributed by atoms with Gasteiger partial charge in [-0.05, 0) is 19.3 Å². The van der Waals surface area contributed by atoms with Gasteiger partial charge in [-0.2, -0.15) is 0 Å². The van der Waals surface area contributed by atoms with Crippen molar-refractivity contribution in [1.29, 1.82) is 0 Å². The maximum absolute atomic E-state index is 10.4. The highest BCUT2D eigenvalue weighted by molar-refractivity contribution is 5.66. The molecule has 1 unspecified atom stereocenters. The number of carboxylic acids is 1. The highest BCUT2D eigenvalue weighted by Gasteiger charge is 2.43. The van der Waals surface area contributed by atoms with E-state index in [1.54, 1.807) is 0 Å². The molecule has 8 heteroatoms. The third kappa shape index (κ3) is 4.65. The van der Waals surface area contributed by atoms with E-state index in [9.17, 15) is 20.1 Å². The standard InChI is InChI=1S/C12H23NO7/c13-6(2-1-3-9(15)16)4-7-10(17)12(19)11(18)8(5-14)20-7/h6-8,10-12,14,17-19H,1-5,13H2,(H,15,16)/t6?,7-,8-,10+,11-,12-/m1/s1. The molecule has 8 nitrogen and oxygen atoms in total. The highest BCUT2D eigenvalue weighted by atomic mass is 16.5. The number of carbonyl (C=O) groups is 1. The monoisotopic (exact) mass is 293 g/mol. The third-order valence-electron chi connectivity index (χ3n) is 3.49. The van der Waals surface area contributed by atoms with Crippen molar-refractivity contribution in [2.24, 2.45) is 5.73 Å². The summed E-state index contributed by atoms with van der Waals surface area (Å²) in [4.78, 5) is 10.4. The Kier molecular flexibility index (Phi) is 6.80. The Balaban J connectivity index is 2.46. The third-order valence-corrected chi connectivity index (χ3v) is 3.49. The number of ether oxygens (including phenoxy) is 1. The molecule has 0 amide bonds. The minimum Gasteiger partial charge on any atom is -0.481 e. The fourth-order valence-corrected chi connectivity index (χ4v) is 2.31. The summed E-state index contributed by atoms with van der Waals surface area (Å²) < 4.78 is 5.32. The van der Waals surface area contributed by atoms with Crippen molar-refractivity contribution in [2.45, 2.75) is 62.2 Å². The fourth-order valence-electron chi connectivity index (χ4n) is 2.31. The lowest BCUT2D eigenvalue weighted by molar-refractivity contribution is -0.231. The number of hydrogen-bond donors (Lipinski definition) is 6. The normalized spacial score (nSPS) is 35.8. The van der Waals surface area contributed by atoms with Gasteiger partial charge in [0.05, 0.1) is 12.7 Å². The zero-order valence-corrected chi connectivity index (χ0v) is 11.1. The van der Waals surface area contributed by atoms with Crippen molar-refractivity contribution < 1.29 is 35.1 Å². The number of hydrogen-bond acceptors (Lipinski definition) is 7. The number of aliphatic hydroxyl groups is 4. The predicted molar refractivity (Wildman–Crippen MR) is 67.8 cm³/mol. The van der Waals surface area contributed by atoms with Crippen molar-refractivity contribution in [3.05, 3.63) is 0 Å². The zero-order chi connectivity index (χ0) is 15.3. The summed E-state index contributed by atoms with van der Waals surface area (Å²) in [6.07, 6.45) is -4.74. The molecule has 118 valence electrons. The molecule has 0 radical (unpaired) electrons. The summed E-state index contributed by atoms with van der Waals surface area (Å²) in [5.41, 5.74) is 5.83. The van der Waals surface area contributed by atoms with Gasteiger partial charge in [0.25, 0.3) is 0 Å². The Hall–Kier alpha value is -0.770. The van der Waals surface area contributed by atoms with Crippen molar-refractivity contribution in [3.8, 4) is 0 Å². The first-order valence-corrected chi connectivity index (χ1v) is 6.64. The molecule has 0 aromatic carbocycles. The lowest BCUT2D eigenvalue weighted by atomic mass is 9.91. The summed E-state index contributed by atoms with van der Waals surface area (Å²) in [6.45, 7) is -0.476. The summed E-state index contributed by atoms with van der Waals surface area (Å²) in [5.74, 6) is -0.898. The van der Waals surface area contributed by atoms with Gasteiger partial charge in [-0.25, -0.2) is 0 Å². The number of aliphatic hydroxyl groups excluding tert-OH is 4. The zero-order valence-electron chi connectivity index (χ0n) is 11.1. The molecule has 1 heterocycles. The van der Waals surface area contributed by atoms with E-state index >= 15 is 0 Å². The van der Waals surface area contributed by atoms with Crippen LogP contribution in [0.5, 0.6) is 0 Å².